The Morgan fingerprint density at radius 1 is 1.12 bits per heavy atom. The molecule has 0 saturated carbocycles. The van der Waals surface area contributed by atoms with Crippen molar-refractivity contribution in [1.82, 2.24) is 19.5 Å². The highest BCUT2D eigenvalue weighted by Gasteiger charge is 2.47. The molecule has 14 nitrogen and oxygen atoms in total. The molecular formula is C24H30ClN5O9P2. The van der Waals surface area contributed by atoms with Gasteiger partial charge in [-0.1, -0.05) is 24.3 Å². The molecule has 17 heteroatoms. The monoisotopic (exact) mass is 629 g/mol. The standard InChI is InChI=1S/C24H30ClN5O9P2/c25-23-27-20(29-9-8-24(11-29)7-3-5-14-4-1-2-6-15(14)24)17-21(28-23)30(12-26-17)22-19(32)18(31)16(39-22)10-38-41(36,37)13-40(33,34)35/h1-2,4,6,12,16,18-19,22,31-32H,3,5,7-11,13H2,(H,36,37)(H2,33,34,35)/t16-,18?,19?,22-,24?/m1/s1. The van der Waals surface area contributed by atoms with Crippen LogP contribution >= 0.6 is 26.8 Å². The molecular weight excluding hydrogens is 600 g/mol. The summed E-state index contributed by atoms with van der Waals surface area (Å²) in [7, 11) is -9.53. The van der Waals surface area contributed by atoms with E-state index in [-0.39, 0.29) is 16.3 Å². The van der Waals surface area contributed by atoms with Gasteiger partial charge in [-0.25, -0.2) is 4.98 Å². The van der Waals surface area contributed by atoms with E-state index in [1.807, 2.05) is 0 Å². The van der Waals surface area contributed by atoms with Gasteiger partial charge in [0.25, 0.3) is 0 Å². The number of aryl methyl sites for hydroxylation is 1. The van der Waals surface area contributed by atoms with Crippen molar-refractivity contribution >= 4 is 43.8 Å². The molecule has 41 heavy (non-hydrogen) atoms. The van der Waals surface area contributed by atoms with Crippen LogP contribution in [-0.4, -0.2) is 88.3 Å². The fourth-order valence-corrected chi connectivity index (χ4v) is 9.06. The number of anilines is 1. The van der Waals surface area contributed by atoms with Crippen LogP contribution in [0.2, 0.25) is 5.28 Å². The van der Waals surface area contributed by atoms with Crippen molar-refractivity contribution < 1.29 is 43.3 Å². The van der Waals surface area contributed by atoms with Gasteiger partial charge in [0.1, 0.15) is 18.3 Å². The Bertz CT molecular complexity index is 1570. The van der Waals surface area contributed by atoms with Crippen LogP contribution in [0.1, 0.15) is 36.6 Å². The van der Waals surface area contributed by atoms with E-state index in [0.29, 0.717) is 11.3 Å². The van der Waals surface area contributed by atoms with Crippen molar-refractivity contribution in [2.45, 2.75) is 55.6 Å². The second kappa shape index (κ2) is 10.6. The molecule has 2 fully saturated rings. The SMILES string of the molecule is O=P(O)(O)CP(=O)(O)OC[C@H]1O[C@@H](n2cnc3c(N4CCC5(CCCc6ccccc65)C4)nc(Cl)nc32)C(O)C1O. The van der Waals surface area contributed by atoms with Gasteiger partial charge in [-0.15, -0.1) is 0 Å². The number of nitrogens with zero attached hydrogens (tertiary/aromatic N) is 5. The second-order valence-electron chi connectivity index (χ2n) is 10.9. The molecule has 2 aliphatic heterocycles. The molecule has 1 spiro atoms. The number of halogens is 1. The lowest BCUT2D eigenvalue weighted by Gasteiger charge is -2.36. The van der Waals surface area contributed by atoms with Gasteiger partial charge in [-0.3, -0.25) is 13.7 Å². The average molecular weight is 630 g/mol. The summed E-state index contributed by atoms with van der Waals surface area (Å²) in [6.45, 7) is 0.767. The van der Waals surface area contributed by atoms with Gasteiger partial charge in [0.15, 0.2) is 29.1 Å². The molecule has 222 valence electrons. The number of benzene rings is 1. The van der Waals surface area contributed by atoms with E-state index in [9.17, 15) is 24.2 Å². The minimum Gasteiger partial charge on any atom is -0.387 e. The normalized spacial score (nSPS) is 29.8. The van der Waals surface area contributed by atoms with Crippen molar-refractivity contribution in [1.29, 1.82) is 0 Å². The fourth-order valence-electron chi connectivity index (χ4n) is 6.33. The van der Waals surface area contributed by atoms with Gasteiger partial charge in [0.2, 0.25) is 5.28 Å². The zero-order valence-electron chi connectivity index (χ0n) is 21.7. The highest BCUT2D eigenvalue weighted by Crippen LogP contribution is 2.55. The van der Waals surface area contributed by atoms with Gasteiger partial charge >= 0.3 is 15.2 Å². The lowest BCUT2D eigenvalue weighted by Crippen LogP contribution is -2.35. The van der Waals surface area contributed by atoms with E-state index >= 15 is 0 Å². The Labute approximate surface area is 239 Å². The topological polar surface area (TPSA) is 201 Å². The van der Waals surface area contributed by atoms with Crippen molar-refractivity contribution in [3.05, 3.63) is 47.0 Å². The molecule has 1 aromatic carbocycles. The molecule has 0 amide bonds. The van der Waals surface area contributed by atoms with E-state index < -0.39 is 52.2 Å². The molecule has 4 heterocycles. The summed E-state index contributed by atoms with van der Waals surface area (Å²) in [6, 6.07) is 8.55. The van der Waals surface area contributed by atoms with Crippen molar-refractivity contribution in [2.24, 2.45) is 0 Å². The first-order valence-electron chi connectivity index (χ1n) is 13.1. The van der Waals surface area contributed by atoms with Crippen LogP contribution in [0.25, 0.3) is 11.2 Å². The van der Waals surface area contributed by atoms with Crippen LogP contribution in [0.4, 0.5) is 5.82 Å². The highest BCUT2D eigenvalue weighted by molar-refractivity contribution is 7.70. The number of hydrogen-bond donors (Lipinski definition) is 5. The summed E-state index contributed by atoms with van der Waals surface area (Å²) in [5.74, 6) is -0.840. The van der Waals surface area contributed by atoms with Gasteiger partial charge in [-0.05, 0) is 48.4 Å². The Morgan fingerprint density at radius 2 is 1.90 bits per heavy atom. The third-order valence-corrected chi connectivity index (χ3v) is 11.8. The van der Waals surface area contributed by atoms with E-state index in [1.54, 1.807) is 0 Å². The summed E-state index contributed by atoms with van der Waals surface area (Å²) in [6.07, 6.45) is 0.0135. The maximum Gasteiger partial charge on any atom is 0.340 e. The molecule has 0 radical (unpaired) electrons. The molecule has 6 atom stereocenters. The van der Waals surface area contributed by atoms with Gasteiger partial charge in [0, 0.05) is 18.5 Å². The Hall–Kier alpha value is -1.96. The number of imidazole rings is 1. The Kier molecular flexibility index (Phi) is 7.56. The van der Waals surface area contributed by atoms with Crippen LogP contribution in [0.15, 0.2) is 30.6 Å². The fraction of sp³-hybridized carbons (Fsp3) is 0.542. The van der Waals surface area contributed by atoms with Crippen molar-refractivity contribution in [2.75, 3.05) is 30.5 Å². The predicted octanol–water partition coefficient (Wildman–Crippen LogP) is 1.92. The lowest BCUT2D eigenvalue weighted by atomic mass is 9.69. The third-order valence-electron chi connectivity index (χ3n) is 8.13. The summed E-state index contributed by atoms with van der Waals surface area (Å²) in [4.78, 5) is 43.2. The molecule has 3 aliphatic rings. The predicted molar refractivity (Wildman–Crippen MR) is 147 cm³/mol. The Balaban J connectivity index is 1.25. The highest BCUT2D eigenvalue weighted by atomic mass is 35.5. The summed E-state index contributed by atoms with van der Waals surface area (Å²) in [5, 5.41) is 21.3. The maximum absolute atomic E-state index is 12.0. The zero-order chi connectivity index (χ0) is 29.2. The van der Waals surface area contributed by atoms with Crippen LogP contribution < -0.4 is 4.90 Å². The van der Waals surface area contributed by atoms with Crippen LogP contribution in [-0.2, 0) is 30.2 Å². The summed E-state index contributed by atoms with van der Waals surface area (Å²) in [5.41, 5.74) is 3.43. The molecule has 2 aromatic heterocycles. The van der Waals surface area contributed by atoms with Crippen LogP contribution in [0, 0.1) is 0 Å². The molecule has 1 aliphatic carbocycles. The molecule has 2 saturated heterocycles. The number of fused-ring (bicyclic) bond motifs is 3. The van der Waals surface area contributed by atoms with Crippen LogP contribution in [0.5, 0.6) is 0 Å². The summed E-state index contributed by atoms with van der Waals surface area (Å²) < 4.78 is 35.1. The van der Waals surface area contributed by atoms with Crippen molar-refractivity contribution in [3.8, 4) is 0 Å². The number of rotatable bonds is 7. The van der Waals surface area contributed by atoms with Gasteiger partial charge in [0.05, 0.1) is 12.9 Å². The maximum atomic E-state index is 12.0. The van der Waals surface area contributed by atoms with Gasteiger partial charge < -0.3 is 39.1 Å². The van der Waals surface area contributed by atoms with Gasteiger partial charge in [-0.2, -0.15) is 9.97 Å². The average Bonchev–Trinajstić information content (AvgIpc) is 3.58. The minimum atomic E-state index is -4.83. The number of ether oxygens (including phenoxy) is 1. The van der Waals surface area contributed by atoms with Crippen LogP contribution in [0.3, 0.4) is 0 Å². The van der Waals surface area contributed by atoms with E-state index in [4.69, 9.17) is 30.6 Å². The van der Waals surface area contributed by atoms with E-state index in [1.165, 1.54) is 22.0 Å². The zero-order valence-corrected chi connectivity index (χ0v) is 24.3. The first kappa shape index (κ1) is 29.1. The number of hydrogen-bond acceptors (Lipinski definition) is 10. The number of aromatic nitrogens is 4. The third kappa shape index (κ3) is 5.59. The molecule has 5 N–H and O–H groups in total. The Morgan fingerprint density at radius 3 is 2.68 bits per heavy atom. The van der Waals surface area contributed by atoms with E-state index in [0.717, 1.165) is 38.8 Å². The number of aliphatic hydroxyl groups is 2. The minimum absolute atomic E-state index is 0.00478. The molecule has 4 unspecified atom stereocenters. The summed E-state index contributed by atoms with van der Waals surface area (Å²) >= 11 is 6.36. The second-order valence-corrected chi connectivity index (χ2v) is 15.2. The quantitative estimate of drug-likeness (QED) is 0.188. The molecule has 3 aromatic rings. The molecule has 6 rings (SSSR count). The van der Waals surface area contributed by atoms with Crippen molar-refractivity contribution in [3.63, 3.8) is 0 Å². The number of aliphatic hydroxyl groups excluding tert-OH is 2. The smallest absolute Gasteiger partial charge is 0.340 e. The largest absolute Gasteiger partial charge is 0.387 e. The lowest BCUT2D eigenvalue weighted by molar-refractivity contribution is -0.0483. The first-order chi connectivity index (χ1) is 19.4. The first-order valence-corrected chi connectivity index (χ1v) is 17.1. The van der Waals surface area contributed by atoms with E-state index in [2.05, 4.69) is 44.1 Å². The molecule has 0 bridgehead atoms.